The number of nitrogens with zero attached hydrogens (tertiary/aromatic N) is 3. The number of aryl methyl sites for hydroxylation is 1. The standard InChI is InChI=1S/C52H71N7O9/c1-41(2)49(58-48(60)26-29-63-31-33-65-35-37-67-39-40-68-38-36-66-34-32-64-30-28-55-59-53)51(62)57-47(50(61)56-46-19-11-6-12-20-46)21-13-14-27-54-52(43-15-7-4-8-16-43,44-17-9-5-10-18-44)45-24-22-42(3)23-25-45/h4-12,15-20,22-25,41,47,49,54H,13-14,21,26-40H2,1-3H3,(H,56,61)(H,57,62)(H,58,60)/t47-,49-/m0/s1. The molecule has 16 heteroatoms. The molecule has 0 spiro atoms. The van der Waals surface area contributed by atoms with E-state index in [9.17, 15) is 14.4 Å². The molecular weight excluding hydrogens is 867 g/mol. The fourth-order valence-electron chi connectivity index (χ4n) is 7.31. The molecule has 16 nitrogen and oxygen atoms in total. The highest BCUT2D eigenvalue weighted by molar-refractivity contribution is 5.98. The molecule has 4 aromatic carbocycles. The van der Waals surface area contributed by atoms with Gasteiger partial charge in [0.2, 0.25) is 17.7 Å². The number of carbonyl (C=O) groups is 3. The summed E-state index contributed by atoms with van der Waals surface area (Å²) >= 11 is 0. The van der Waals surface area contributed by atoms with Gasteiger partial charge in [0.15, 0.2) is 0 Å². The van der Waals surface area contributed by atoms with Gasteiger partial charge in [-0.05, 0) is 73.0 Å². The minimum absolute atomic E-state index is 0.0538. The zero-order valence-electron chi connectivity index (χ0n) is 39.9. The van der Waals surface area contributed by atoms with Crippen molar-refractivity contribution in [2.45, 2.75) is 64.1 Å². The summed E-state index contributed by atoms with van der Waals surface area (Å²) in [5.41, 5.74) is 12.7. The van der Waals surface area contributed by atoms with E-state index in [0.29, 0.717) is 104 Å². The third-order valence-electron chi connectivity index (χ3n) is 10.9. The van der Waals surface area contributed by atoms with E-state index in [4.69, 9.17) is 34.0 Å². The Labute approximate surface area is 401 Å². The Morgan fingerprint density at radius 2 is 1.06 bits per heavy atom. The third-order valence-corrected chi connectivity index (χ3v) is 10.9. The second-order valence-corrected chi connectivity index (χ2v) is 16.4. The predicted molar refractivity (Wildman–Crippen MR) is 263 cm³/mol. The van der Waals surface area contributed by atoms with Crippen molar-refractivity contribution in [3.8, 4) is 0 Å². The first-order valence-electron chi connectivity index (χ1n) is 23.6. The lowest BCUT2D eigenvalue weighted by Gasteiger charge is -2.37. The van der Waals surface area contributed by atoms with E-state index in [1.165, 1.54) is 5.56 Å². The second-order valence-electron chi connectivity index (χ2n) is 16.4. The van der Waals surface area contributed by atoms with Crippen LogP contribution < -0.4 is 21.3 Å². The first kappa shape index (κ1) is 54.9. The number of anilines is 1. The number of para-hydroxylation sites is 1. The summed E-state index contributed by atoms with van der Waals surface area (Å²) in [6.45, 7) is 11.3. The molecule has 0 fully saturated rings. The Bertz CT molecular complexity index is 2000. The molecular formula is C52H71N7O9. The fraction of sp³-hybridized carbons (Fsp3) is 0.481. The van der Waals surface area contributed by atoms with Crippen LogP contribution in [0, 0.1) is 12.8 Å². The lowest BCUT2D eigenvalue weighted by atomic mass is 9.76. The van der Waals surface area contributed by atoms with E-state index >= 15 is 0 Å². The Morgan fingerprint density at radius 3 is 1.56 bits per heavy atom. The monoisotopic (exact) mass is 938 g/mol. The van der Waals surface area contributed by atoms with Gasteiger partial charge in [0.1, 0.15) is 12.1 Å². The molecule has 0 saturated carbocycles. The van der Waals surface area contributed by atoms with Crippen molar-refractivity contribution in [3.05, 3.63) is 148 Å². The van der Waals surface area contributed by atoms with Crippen LogP contribution in [0.15, 0.2) is 120 Å². The van der Waals surface area contributed by atoms with Crippen molar-refractivity contribution in [2.24, 2.45) is 11.0 Å². The molecule has 0 aliphatic heterocycles. The Kier molecular flexibility index (Phi) is 26.6. The predicted octanol–water partition coefficient (Wildman–Crippen LogP) is 7.11. The Balaban J connectivity index is 1.19. The van der Waals surface area contributed by atoms with Crippen LogP contribution in [0.4, 0.5) is 5.69 Å². The molecule has 0 bridgehead atoms. The first-order chi connectivity index (χ1) is 33.2. The van der Waals surface area contributed by atoms with Crippen LogP contribution in [-0.2, 0) is 48.3 Å². The molecule has 68 heavy (non-hydrogen) atoms. The topological polar surface area (TPSA) is 203 Å². The van der Waals surface area contributed by atoms with E-state index in [-0.39, 0.29) is 30.8 Å². The van der Waals surface area contributed by atoms with E-state index in [2.05, 4.69) is 111 Å². The van der Waals surface area contributed by atoms with Gasteiger partial charge < -0.3 is 44.4 Å². The van der Waals surface area contributed by atoms with Crippen LogP contribution in [0.2, 0.25) is 0 Å². The highest BCUT2D eigenvalue weighted by Crippen LogP contribution is 2.37. The molecule has 0 radical (unpaired) electrons. The van der Waals surface area contributed by atoms with Crippen LogP contribution >= 0.6 is 0 Å². The highest BCUT2D eigenvalue weighted by atomic mass is 16.6. The lowest BCUT2D eigenvalue weighted by molar-refractivity contribution is -0.132. The van der Waals surface area contributed by atoms with Gasteiger partial charge in [-0.2, -0.15) is 0 Å². The van der Waals surface area contributed by atoms with Crippen molar-refractivity contribution in [3.63, 3.8) is 0 Å². The summed E-state index contributed by atoms with van der Waals surface area (Å²) < 4.78 is 32.8. The van der Waals surface area contributed by atoms with Crippen molar-refractivity contribution in [1.29, 1.82) is 0 Å². The van der Waals surface area contributed by atoms with Crippen LogP contribution in [0.5, 0.6) is 0 Å². The molecule has 4 rings (SSSR count). The minimum Gasteiger partial charge on any atom is -0.379 e. The summed E-state index contributed by atoms with van der Waals surface area (Å²) in [5.74, 6) is -1.34. The normalized spacial score (nSPS) is 12.2. The van der Waals surface area contributed by atoms with Crippen LogP contribution in [0.1, 0.15) is 61.8 Å². The van der Waals surface area contributed by atoms with E-state index in [1.807, 2.05) is 44.2 Å². The minimum atomic E-state index is -0.863. The first-order valence-corrected chi connectivity index (χ1v) is 23.6. The van der Waals surface area contributed by atoms with E-state index < -0.39 is 23.5 Å². The molecule has 2 atom stereocenters. The number of nitrogens with one attached hydrogen (secondary N) is 4. The van der Waals surface area contributed by atoms with Gasteiger partial charge in [-0.25, -0.2) is 0 Å². The number of amides is 3. The molecule has 0 aromatic heterocycles. The molecule has 368 valence electrons. The number of hydrogen-bond acceptors (Lipinski definition) is 11. The van der Waals surface area contributed by atoms with Gasteiger partial charge in [0.25, 0.3) is 0 Å². The van der Waals surface area contributed by atoms with Crippen LogP contribution in [-0.4, -0.2) is 122 Å². The molecule has 4 aromatic rings. The number of carbonyl (C=O) groups excluding carboxylic acids is 3. The molecule has 0 aliphatic carbocycles. The number of rotatable bonds is 36. The van der Waals surface area contributed by atoms with Gasteiger partial charge in [0.05, 0.1) is 84.8 Å². The zero-order valence-corrected chi connectivity index (χ0v) is 39.9. The Hall–Kier alpha value is -5.68. The Morgan fingerprint density at radius 1 is 0.588 bits per heavy atom. The van der Waals surface area contributed by atoms with Gasteiger partial charge in [-0.1, -0.05) is 128 Å². The molecule has 0 aliphatic rings. The maximum atomic E-state index is 13.9. The van der Waals surface area contributed by atoms with Crippen LogP contribution in [0.25, 0.3) is 10.4 Å². The highest BCUT2D eigenvalue weighted by Gasteiger charge is 2.36. The van der Waals surface area contributed by atoms with Gasteiger partial charge in [0, 0.05) is 23.6 Å². The van der Waals surface area contributed by atoms with Gasteiger partial charge in [-0.15, -0.1) is 0 Å². The average Bonchev–Trinajstić information content (AvgIpc) is 3.35. The van der Waals surface area contributed by atoms with Crippen molar-refractivity contribution in [2.75, 3.05) is 97.7 Å². The van der Waals surface area contributed by atoms with E-state index in [1.54, 1.807) is 12.1 Å². The zero-order chi connectivity index (χ0) is 48.5. The third kappa shape index (κ3) is 20.3. The maximum Gasteiger partial charge on any atom is 0.246 e. The molecule has 0 heterocycles. The largest absolute Gasteiger partial charge is 0.379 e. The second kappa shape index (κ2) is 32.9. The summed E-state index contributed by atoms with van der Waals surface area (Å²) in [5, 5.41) is 16.1. The SMILES string of the molecule is Cc1ccc(C(NCCCC[C@H](NC(=O)[C@@H](NC(=O)CCOCCOCCOCCOCCOCCOCCN=[N+]=[N-])C(C)C)C(=O)Nc2ccccc2)(c2ccccc2)c2ccccc2)cc1. The van der Waals surface area contributed by atoms with Crippen molar-refractivity contribution >= 4 is 23.4 Å². The summed E-state index contributed by atoms with van der Waals surface area (Å²) in [6.07, 6.45) is 1.79. The number of benzene rings is 4. The number of azide groups is 1. The molecule has 0 saturated heterocycles. The summed E-state index contributed by atoms with van der Waals surface area (Å²) in [6, 6.07) is 36.9. The maximum absolute atomic E-state index is 13.9. The lowest BCUT2D eigenvalue weighted by Crippen LogP contribution is -2.54. The van der Waals surface area contributed by atoms with Gasteiger partial charge >= 0.3 is 0 Å². The van der Waals surface area contributed by atoms with Crippen molar-refractivity contribution in [1.82, 2.24) is 16.0 Å². The summed E-state index contributed by atoms with van der Waals surface area (Å²) in [7, 11) is 0. The fourth-order valence-corrected chi connectivity index (χ4v) is 7.31. The molecule has 4 N–H and O–H groups in total. The quantitative estimate of drug-likeness (QED) is 0.0120. The van der Waals surface area contributed by atoms with E-state index in [0.717, 1.165) is 23.1 Å². The van der Waals surface area contributed by atoms with Crippen molar-refractivity contribution < 1.29 is 42.8 Å². The average molecular weight is 938 g/mol. The smallest absolute Gasteiger partial charge is 0.246 e. The number of hydrogen-bond donors (Lipinski definition) is 4. The molecule has 3 amide bonds. The van der Waals surface area contributed by atoms with Crippen LogP contribution in [0.3, 0.4) is 0 Å². The number of unbranched alkanes of at least 4 members (excludes halogenated alkanes) is 1. The summed E-state index contributed by atoms with van der Waals surface area (Å²) in [4.78, 5) is 43.4. The molecule has 0 unspecified atom stereocenters. The van der Waals surface area contributed by atoms with Gasteiger partial charge in [-0.3, -0.25) is 19.7 Å². The number of ether oxygens (including phenoxy) is 6.